The monoisotopic (exact) mass is 342 g/mol. The molecular formula is C18H18N2O5. The third kappa shape index (κ3) is 3.82. The van der Waals surface area contributed by atoms with E-state index in [9.17, 15) is 14.7 Å². The molecule has 1 atom stereocenters. The maximum atomic E-state index is 12.6. The van der Waals surface area contributed by atoms with Crippen molar-refractivity contribution in [2.45, 2.75) is 19.5 Å². The van der Waals surface area contributed by atoms with E-state index in [0.717, 1.165) is 5.56 Å². The Morgan fingerprint density at radius 1 is 1.16 bits per heavy atom. The standard InChI is InChI=1S/C18H18N2O5/c1-12(17(21)22)20(10-13-5-3-2-4-6-13)18(23)19-14-7-8-15-16(9-14)25-11-24-15/h2-9,12H,10-11H2,1H3,(H,19,23)(H,21,22). The molecule has 2 amide bonds. The van der Waals surface area contributed by atoms with Gasteiger partial charge in [-0.2, -0.15) is 0 Å². The third-order valence-electron chi connectivity index (χ3n) is 3.91. The Kier molecular flexibility index (Phi) is 4.74. The van der Waals surface area contributed by atoms with Crippen LogP contribution in [0.3, 0.4) is 0 Å². The first-order valence-corrected chi connectivity index (χ1v) is 7.78. The number of amides is 2. The summed E-state index contributed by atoms with van der Waals surface area (Å²) in [5.74, 6) is 0.0773. The van der Waals surface area contributed by atoms with Crippen LogP contribution in [0.5, 0.6) is 11.5 Å². The fourth-order valence-electron chi connectivity index (χ4n) is 2.47. The normalized spacial score (nSPS) is 13.2. The van der Waals surface area contributed by atoms with Gasteiger partial charge >= 0.3 is 12.0 Å². The van der Waals surface area contributed by atoms with Gasteiger partial charge in [-0.1, -0.05) is 30.3 Å². The van der Waals surface area contributed by atoms with Crippen molar-refractivity contribution in [1.29, 1.82) is 0 Å². The molecule has 0 aliphatic carbocycles. The van der Waals surface area contributed by atoms with Crippen molar-refractivity contribution in [2.75, 3.05) is 12.1 Å². The molecule has 1 aliphatic heterocycles. The molecule has 3 rings (SSSR count). The second-order valence-electron chi connectivity index (χ2n) is 5.63. The molecular weight excluding hydrogens is 324 g/mol. The van der Waals surface area contributed by atoms with Gasteiger partial charge in [0.2, 0.25) is 6.79 Å². The van der Waals surface area contributed by atoms with Crippen LogP contribution < -0.4 is 14.8 Å². The summed E-state index contributed by atoms with van der Waals surface area (Å²) < 4.78 is 10.5. The van der Waals surface area contributed by atoms with Crippen LogP contribution in [-0.4, -0.2) is 34.8 Å². The van der Waals surface area contributed by atoms with Crippen LogP contribution in [-0.2, 0) is 11.3 Å². The number of aliphatic carboxylic acids is 1. The molecule has 1 aliphatic rings. The lowest BCUT2D eigenvalue weighted by Gasteiger charge is -2.27. The van der Waals surface area contributed by atoms with Gasteiger partial charge in [-0.25, -0.2) is 9.59 Å². The number of urea groups is 1. The van der Waals surface area contributed by atoms with Crippen molar-refractivity contribution < 1.29 is 24.2 Å². The Hall–Kier alpha value is -3.22. The van der Waals surface area contributed by atoms with Crippen molar-refractivity contribution in [2.24, 2.45) is 0 Å². The minimum Gasteiger partial charge on any atom is -0.480 e. The van der Waals surface area contributed by atoms with Crippen LogP contribution in [0.15, 0.2) is 48.5 Å². The predicted molar refractivity (Wildman–Crippen MR) is 90.7 cm³/mol. The Bertz CT molecular complexity index is 778. The molecule has 0 radical (unpaired) electrons. The average Bonchev–Trinajstić information content (AvgIpc) is 3.07. The fourth-order valence-corrected chi connectivity index (χ4v) is 2.47. The van der Waals surface area contributed by atoms with E-state index in [1.54, 1.807) is 18.2 Å². The lowest BCUT2D eigenvalue weighted by Crippen LogP contribution is -2.44. The van der Waals surface area contributed by atoms with E-state index in [1.807, 2.05) is 30.3 Å². The number of hydrogen-bond donors (Lipinski definition) is 2. The molecule has 0 saturated heterocycles. The molecule has 7 nitrogen and oxygen atoms in total. The quantitative estimate of drug-likeness (QED) is 0.872. The molecule has 2 N–H and O–H groups in total. The van der Waals surface area contributed by atoms with Gasteiger partial charge < -0.3 is 24.8 Å². The van der Waals surface area contributed by atoms with Crippen LogP contribution >= 0.6 is 0 Å². The Morgan fingerprint density at radius 3 is 2.60 bits per heavy atom. The maximum Gasteiger partial charge on any atom is 0.326 e. The molecule has 0 fully saturated rings. The second kappa shape index (κ2) is 7.12. The van der Waals surface area contributed by atoms with E-state index in [-0.39, 0.29) is 13.3 Å². The summed E-state index contributed by atoms with van der Waals surface area (Å²) in [6.45, 7) is 1.80. The molecule has 0 saturated carbocycles. The van der Waals surface area contributed by atoms with E-state index < -0.39 is 18.0 Å². The van der Waals surface area contributed by atoms with E-state index in [1.165, 1.54) is 11.8 Å². The van der Waals surface area contributed by atoms with E-state index in [0.29, 0.717) is 17.2 Å². The zero-order valence-electron chi connectivity index (χ0n) is 13.6. The molecule has 2 aromatic carbocycles. The zero-order valence-corrected chi connectivity index (χ0v) is 13.6. The number of ether oxygens (including phenoxy) is 2. The average molecular weight is 342 g/mol. The number of hydrogen-bond acceptors (Lipinski definition) is 4. The summed E-state index contributed by atoms with van der Waals surface area (Å²) in [6, 6.07) is 12.8. The van der Waals surface area contributed by atoms with E-state index in [2.05, 4.69) is 5.32 Å². The Labute approximate surface area is 144 Å². The zero-order chi connectivity index (χ0) is 17.8. The van der Waals surface area contributed by atoms with Crippen molar-refractivity contribution >= 4 is 17.7 Å². The molecule has 7 heteroatoms. The third-order valence-corrected chi connectivity index (χ3v) is 3.91. The van der Waals surface area contributed by atoms with Crippen molar-refractivity contribution in [1.82, 2.24) is 4.90 Å². The second-order valence-corrected chi connectivity index (χ2v) is 5.63. The minimum absolute atomic E-state index is 0.142. The maximum absolute atomic E-state index is 12.6. The summed E-state index contributed by atoms with van der Waals surface area (Å²) in [7, 11) is 0. The summed E-state index contributed by atoms with van der Waals surface area (Å²) >= 11 is 0. The first-order chi connectivity index (χ1) is 12.0. The number of anilines is 1. The van der Waals surface area contributed by atoms with E-state index in [4.69, 9.17) is 9.47 Å². The van der Waals surface area contributed by atoms with Crippen LogP contribution in [0.1, 0.15) is 12.5 Å². The highest BCUT2D eigenvalue weighted by Gasteiger charge is 2.26. The molecule has 0 aromatic heterocycles. The molecule has 2 aromatic rings. The number of fused-ring (bicyclic) bond motifs is 1. The predicted octanol–water partition coefficient (Wildman–Crippen LogP) is 2.92. The number of nitrogens with one attached hydrogen (secondary N) is 1. The minimum atomic E-state index is -1.07. The number of carboxylic acid groups (broad SMARTS) is 1. The molecule has 25 heavy (non-hydrogen) atoms. The van der Waals surface area contributed by atoms with Gasteiger partial charge in [0.25, 0.3) is 0 Å². The van der Waals surface area contributed by atoms with Crippen LogP contribution in [0, 0.1) is 0 Å². The first kappa shape index (κ1) is 16.6. The van der Waals surface area contributed by atoms with Gasteiger partial charge in [0, 0.05) is 18.3 Å². The lowest BCUT2D eigenvalue weighted by molar-refractivity contribution is -0.141. The number of benzene rings is 2. The first-order valence-electron chi connectivity index (χ1n) is 7.78. The van der Waals surface area contributed by atoms with E-state index >= 15 is 0 Å². The van der Waals surface area contributed by atoms with Gasteiger partial charge in [-0.05, 0) is 24.6 Å². The number of carboxylic acids is 1. The number of rotatable bonds is 5. The number of carbonyl (C=O) groups excluding carboxylic acids is 1. The highest BCUT2D eigenvalue weighted by Crippen LogP contribution is 2.34. The number of carbonyl (C=O) groups is 2. The summed E-state index contributed by atoms with van der Waals surface area (Å²) in [4.78, 5) is 25.3. The molecule has 0 spiro atoms. The highest BCUT2D eigenvalue weighted by molar-refractivity contribution is 5.92. The van der Waals surface area contributed by atoms with Crippen LogP contribution in [0.25, 0.3) is 0 Å². The molecule has 0 bridgehead atoms. The lowest BCUT2D eigenvalue weighted by atomic mass is 10.2. The SMILES string of the molecule is CC(C(=O)O)N(Cc1ccccc1)C(=O)Nc1ccc2c(c1)OCO2. The Morgan fingerprint density at radius 2 is 1.88 bits per heavy atom. The molecule has 1 heterocycles. The number of nitrogens with zero attached hydrogens (tertiary/aromatic N) is 1. The summed E-state index contributed by atoms with van der Waals surface area (Å²) in [5, 5.41) is 12.0. The van der Waals surface area contributed by atoms with Crippen molar-refractivity contribution in [3.63, 3.8) is 0 Å². The summed E-state index contributed by atoms with van der Waals surface area (Å²) in [6.07, 6.45) is 0. The van der Waals surface area contributed by atoms with Crippen LogP contribution in [0.2, 0.25) is 0 Å². The van der Waals surface area contributed by atoms with Crippen LogP contribution in [0.4, 0.5) is 10.5 Å². The topological polar surface area (TPSA) is 88.1 Å². The van der Waals surface area contributed by atoms with Gasteiger partial charge in [-0.15, -0.1) is 0 Å². The van der Waals surface area contributed by atoms with Crippen molar-refractivity contribution in [3.05, 3.63) is 54.1 Å². The summed E-state index contributed by atoms with van der Waals surface area (Å²) in [5.41, 5.74) is 1.35. The molecule has 1 unspecified atom stereocenters. The fraction of sp³-hybridized carbons (Fsp3) is 0.222. The van der Waals surface area contributed by atoms with Gasteiger partial charge in [-0.3, -0.25) is 0 Å². The van der Waals surface area contributed by atoms with Gasteiger partial charge in [0.15, 0.2) is 11.5 Å². The largest absolute Gasteiger partial charge is 0.480 e. The van der Waals surface area contributed by atoms with Crippen molar-refractivity contribution in [3.8, 4) is 11.5 Å². The molecule has 130 valence electrons. The smallest absolute Gasteiger partial charge is 0.326 e. The van der Waals surface area contributed by atoms with Gasteiger partial charge in [0.05, 0.1) is 0 Å². The highest BCUT2D eigenvalue weighted by atomic mass is 16.7. The Balaban J connectivity index is 1.77. The van der Waals surface area contributed by atoms with Gasteiger partial charge in [0.1, 0.15) is 6.04 Å².